The van der Waals surface area contributed by atoms with Gasteiger partial charge in [-0.2, -0.15) is 0 Å². The van der Waals surface area contributed by atoms with Gasteiger partial charge >= 0.3 is 11.8 Å². The van der Waals surface area contributed by atoms with Gasteiger partial charge in [-0.05, 0) is 39.3 Å². The predicted octanol–water partition coefficient (Wildman–Crippen LogP) is 2.47. The van der Waals surface area contributed by atoms with E-state index >= 15 is 0 Å². The number of carbonyl (C=O) groups excluding carboxylic acids is 1. The molecule has 1 aliphatic rings. The minimum absolute atomic E-state index is 0.126. The number of hydrogen-bond acceptors (Lipinski definition) is 3. The predicted molar refractivity (Wildman–Crippen MR) is 83.8 cm³/mol. The molecule has 3 rings (SSSR count). The molecule has 6 heteroatoms. The van der Waals surface area contributed by atoms with Crippen molar-refractivity contribution in [2.24, 2.45) is 0 Å². The number of imidazole rings is 1. The zero-order valence-corrected chi connectivity index (χ0v) is 13.3. The van der Waals surface area contributed by atoms with Crippen molar-refractivity contribution < 1.29 is 9.53 Å². The van der Waals surface area contributed by atoms with Crippen LogP contribution in [0.4, 0.5) is 4.79 Å². The summed E-state index contributed by atoms with van der Waals surface area (Å²) in [5.74, 6) is 0. The molecule has 0 fully saturated rings. The first-order valence-corrected chi connectivity index (χ1v) is 7.46. The Balaban J connectivity index is 2.02. The lowest BCUT2D eigenvalue weighted by molar-refractivity contribution is 0.0148. The Labute approximate surface area is 128 Å². The summed E-state index contributed by atoms with van der Waals surface area (Å²) in [7, 11) is 0. The lowest BCUT2D eigenvalue weighted by atomic mass is 10.1. The standard InChI is InChI=1S/C16H21N3O3/c1-10-8-19-13-11(6-5-7-12(13)17-14(19)20)9-18(10)15(21)22-16(2,3)4/h5-7,10H,8-9H2,1-4H3,(H,17,20)/t10-/m0/s1. The molecule has 1 amide bonds. The second-order valence-electron chi connectivity index (χ2n) is 6.81. The third-order valence-electron chi connectivity index (χ3n) is 3.82. The van der Waals surface area contributed by atoms with Crippen molar-refractivity contribution in [2.75, 3.05) is 0 Å². The maximum absolute atomic E-state index is 12.5. The summed E-state index contributed by atoms with van der Waals surface area (Å²) in [4.78, 5) is 29.1. The van der Waals surface area contributed by atoms with Crippen LogP contribution in [0.5, 0.6) is 0 Å². The Hall–Kier alpha value is -2.24. The van der Waals surface area contributed by atoms with Crippen molar-refractivity contribution in [1.82, 2.24) is 14.5 Å². The Bertz CT molecular complexity index is 782. The molecular weight excluding hydrogens is 282 g/mol. The topological polar surface area (TPSA) is 67.3 Å². The molecule has 0 bridgehead atoms. The minimum Gasteiger partial charge on any atom is -0.444 e. The Morgan fingerprint density at radius 3 is 2.77 bits per heavy atom. The Morgan fingerprint density at radius 1 is 1.36 bits per heavy atom. The number of para-hydroxylation sites is 1. The Kier molecular flexibility index (Phi) is 3.27. The van der Waals surface area contributed by atoms with Crippen molar-refractivity contribution in [1.29, 1.82) is 0 Å². The van der Waals surface area contributed by atoms with Crippen molar-refractivity contribution >= 4 is 17.1 Å². The van der Waals surface area contributed by atoms with Crippen LogP contribution in [0.2, 0.25) is 0 Å². The number of nitrogens with one attached hydrogen (secondary N) is 1. The van der Waals surface area contributed by atoms with Crippen LogP contribution in [0.25, 0.3) is 11.0 Å². The Morgan fingerprint density at radius 2 is 2.09 bits per heavy atom. The number of ether oxygens (including phenoxy) is 1. The van der Waals surface area contributed by atoms with Crippen LogP contribution in [0.15, 0.2) is 23.0 Å². The summed E-state index contributed by atoms with van der Waals surface area (Å²) in [6.07, 6.45) is -0.348. The van der Waals surface area contributed by atoms with E-state index in [0.717, 1.165) is 16.6 Å². The fourth-order valence-electron chi connectivity index (χ4n) is 2.86. The highest BCUT2D eigenvalue weighted by Gasteiger charge is 2.30. The summed E-state index contributed by atoms with van der Waals surface area (Å²) in [6, 6.07) is 5.59. The van der Waals surface area contributed by atoms with E-state index in [1.807, 2.05) is 45.9 Å². The van der Waals surface area contributed by atoms with Gasteiger partial charge in [-0.3, -0.25) is 9.47 Å². The smallest absolute Gasteiger partial charge is 0.410 e. The van der Waals surface area contributed by atoms with Gasteiger partial charge in [0.05, 0.1) is 23.6 Å². The van der Waals surface area contributed by atoms with Gasteiger partial charge < -0.3 is 9.72 Å². The fourth-order valence-corrected chi connectivity index (χ4v) is 2.86. The molecule has 1 N–H and O–H groups in total. The van der Waals surface area contributed by atoms with Crippen LogP contribution in [0, 0.1) is 0 Å². The zero-order valence-electron chi connectivity index (χ0n) is 13.3. The molecule has 6 nitrogen and oxygen atoms in total. The number of carbonyl (C=O) groups is 1. The molecule has 0 saturated carbocycles. The van der Waals surface area contributed by atoms with Crippen LogP contribution >= 0.6 is 0 Å². The average Bonchev–Trinajstić information content (AvgIpc) is 2.62. The molecule has 1 aromatic heterocycles. The lowest BCUT2D eigenvalue weighted by Crippen LogP contribution is -2.43. The van der Waals surface area contributed by atoms with E-state index in [9.17, 15) is 9.59 Å². The largest absolute Gasteiger partial charge is 0.444 e. The number of amides is 1. The maximum Gasteiger partial charge on any atom is 0.410 e. The molecule has 1 aliphatic heterocycles. The normalized spacial score (nSPS) is 18.4. The van der Waals surface area contributed by atoms with Gasteiger partial charge in [-0.1, -0.05) is 12.1 Å². The highest BCUT2D eigenvalue weighted by Crippen LogP contribution is 2.24. The molecule has 1 aromatic carbocycles. The average molecular weight is 303 g/mol. The van der Waals surface area contributed by atoms with Crippen molar-refractivity contribution in [2.45, 2.75) is 52.4 Å². The minimum atomic E-state index is -0.540. The monoisotopic (exact) mass is 303 g/mol. The van der Waals surface area contributed by atoms with Crippen molar-refractivity contribution in [3.8, 4) is 0 Å². The SMILES string of the molecule is C[C@H]1Cn2c(=O)[nH]c3cccc(c32)CN1C(=O)OC(C)(C)C. The van der Waals surface area contributed by atoms with Crippen molar-refractivity contribution in [3.05, 3.63) is 34.2 Å². The van der Waals surface area contributed by atoms with Gasteiger partial charge in [0.15, 0.2) is 0 Å². The van der Waals surface area contributed by atoms with Crippen LogP contribution in [-0.4, -0.2) is 32.2 Å². The maximum atomic E-state index is 12.5. The molecule has 0 spiro atoms. The summed E-state index contributed by atoms with van der Waals surface area (Å²) in [5.41, 5.74) is 1.96. The van der Waals surface area contributed by atoms with Crippen LogP contribution in [0.3, 0.4) is 0 Å². The molecule has 0 radical (unpaired) electrons. The summed E-state index contributed by atoms with van der Waals surface area (Å²) < 4.78 is 7.20. The van der Waals surface area contributed by atoms with E-state index in [1.165, 1.54) is 0 Å². The number of H-pyrrole nitrogens is 1. The lowest BCUT2D eigenvalue weighted by Gasteiger charge is -2.30. The molecule has 2 heterocycles. The van der Waals surface area contributed by atoms with Crippen LogP contribution in [0.1, 0.15) is 33.3 Å². The highest BCUT2D eigenvalue weighted by molar-refractivity contribution is 5.80. The first-order chi connectivity index (χ1) is 10.3. The summed E-state index contributed by atoms with van der Waals surface area (Å²) >= 11 is 0. The van der Waals surface area contributed by atoms with E-state index in [4.69, 9.17) is 4.74 Å². The molecule has 2 aromatic rings. The van der Waals surface area contributed by atoms with Gasteiger partial charge in [0.2, 0.25) is 0 Å². The first-order valence-electron chi connectivity index (χ1n) is 7.46. The molecular formula is C16H21N3O3. The number of nitrogens with zero attached hydrogens (tertiary/aromatic N) is 2. The second-order valence-corrected chi connectivity index (χ2v) is 6.81. The van der Waals surface area contributed by atoms with Crippen molar-refractivity contribution in [3.63, 3.8) is 0 Å². The van der Waals surface area contributed by atoms with Gasteiger partial charge in [-0.15, -0.1) is 0 Å². The second kappa shape index (κ2) is 4.90. The van der Waals surface area contributed by atoms with E-state index in [0.29, 0.717) is 13.1 Å². The van der Waals surface area contributed by atoms with Gasteiger partial charge in [0.1, 0.15) is 5.60 Å². The fraction of sp³-hybridized carbons (Fsp3) is 0.500. The van der Waals surface area contributed by atoms with Gasteiger partial charge in [-0.25, -0.2) is 9.59 Å². The highest BCUT2D eigenvalue weighted by atomic mass is 16.6. The van der Waals surface area contributed by atoms with E-state index < -0.39 is 5.60 Å². The first kappa shape index (κ1) is 14.7. The molecule has 118 valence electrons. The number of hydrogen-bond donors (Lipinski definition) is 1. The number of aromatic nitrogens is 2. The molecule has 22 heavy (non-hydrogen) atoms. The third-order valence-corrected chi connectivity index (χ3v) is 3.82. The van der Waals surface area contributed by atoms with E-state index in [2.05, 4.69) is 4.98 Å². The number of benzene rings is 1. The van der Waals surface area contributed by atoms with Gasteiger partial charge in [0.25, 0.3) is 0 Å². The summed E-state index contributed by atoms with van der Waals surface area (Å²) in [6.45, 7) is 8.37. The third kappa shape index (κ3) is 2.49. The van der Waals surface area contributed by atoms with E-state index in [1.54, 1.807) is 9.47 Å². The molecule has 1 atom stereocenters. The number of rotatable bonds is 0. The van der Waals surface area contributed by atoms with Gasteiger partial charge in [0, 0.05) is 6.54 Å². The summed E-state index contributed by atoms with van der Waals surface area (Å²) in [5, 5.41) is 0. The quantitative estimate of drug-likeness (QED) is 0.813. The molecule has 0 unspecified atom stereocenters. The van der Waals surface area contributed by atoms with E-state index in [-0.39, 0.29) is 17.8 Å². The van der Waals surface area contributed by atoms with Crippen LogP contribution in [-0.2, 0) is 17.8 Å². The number of aromatic amines is 1. The zero-order chi connectivity index (χ0) is 16.1. The van der Waals surface area contributed by atoms with Crippen LogP contribution < -0.4 is 5.69 Å². The molecule has 0 aliphatic carbocycles. The molecule has 0 saturated heterocycles.